The van der Waals surface area contributed by atoms with Crippen LogP contribution < -0.4 is 16.4 Å². The van der Waals surface area contributed by atoms with Gasteiger partial charge in [0, 0.05) is 31.7 Å². The van der Waals surface area contributed by atoms with Gasteiger partial charge in [-0.3, -0.25) is 19.2 Å². The van der Waals surface area contributed by atoms with E-state index >= 15 is 0 Å². The van der Waals surface area contributed by atoms with Gasteiger partial charge in [-0.05, 0) is 16.7 Å². The maximum atomic E-state index is 13.5. The van der Waals surface area contributed by atoms with E-state index in [0.717, 1.165) is 16.7 Å². The summed E-state index contributed by atoms with van der Waals surface area (Å²) < 4.78 is 0. The first kappa shape index (κ1) is 28.6. The summed E-state index contributed by atoms with van der Waals surface area (Å²) in [5.74, 6) is -2.25. The summed E-state index contributed by atoms with van der Waals surface area (Å²) in [6.07, 6.45) is 0.782. The zero-order chi connectivity index (χ0) is 28.0. The highest BCUT2D eigenvalue weighted by molar-refractivity contribution is 5.95. The molecule has 0 bridgehead atoms. The third-order valence-corrected chi connectivity index (χ3v) is 6.89. The summed E-state index contributed by atoms with van der Waals surface area (Å²) in [6, 6.07) is 14.4. The van der Waals surface area contributed by atoms with Crippen molar-refractivity contribution in [2.24, 2.45) is 11.1 Å². The highest BCUT2D eigenvalue weighted by Gasteiger charge is 2.45. The van der Waals surface area contributed by atoms with Crippen molar-refractivity contribution in [2.75, 3.05) is 6.54 Å². The van der Waals surface area contributed by atoms with E-state index < -0.39 is 53.3 Å². The number of hydrogen-bond acceptors (Lipinski definition) is 5. The van der Waals surface area contributed by atoms with Gasteiger partial charge < -0.3 is 26.4 Å². The number of carbonyl (C=O) groups is 4. The molecule has 0 radical (unpaired) electrons. The molecule has 1 fully saturated rings. The number of nitrogens with zero attached hydrogens (tertiary/aromatic N) is 1. The smallest absolute Gasteiger partial charge is 0.246 e. The van der Waals surface area contributed by atoms with Crippen LogP contribution in [0.5, 0.6) is 0 Å². The Morgan fingerprint density at radius 2 is 1.68 bits per heavy atom. The van der Waals surface area contributed by atoms with Gasteiger partial charge in [0.25, 0.3) is 0 Å². The van der Waals surface area contributed by atoms with Crippen molar-refractivity contribution in [2.45, 2.75) is 57.8 Å². The Labute approximate surface area is 223 Å². The maximum Gasteiger partial charge on any atom is 0.246 e. The summed E-state index contributed by atoms with van der Waals surface area (Å²) >= 11 is 0. The lowest BCUT2D eigenvalue weighted by atomic mass is 9.83. The quantitative estimate of drug-likeness (QED) is 0.352. The van der Waals surface area contributed by atoms with E-state index in [1.165, 1.54) is 11.8 Å². The third kappa shape index (κ3) is 6.86. The van der Waals surface area contributed by atoms with E-state index in [4.69, 9.17) is 5.73 Å². The van der Waals surface area contributed by atoms with Gasteiger partial charge in [0.15, 0.2) is 0 Å². The number of β-amino-alcohol motifs (C(OH)–C–C–N with tert-alkyl or cyclic N) is 1. The summed E-state index contributed by atoms with van der Waals surface area (Å²) in [7, 11) is 0. The normalized spacial score (nSPS) is 18.8. The Balaban J connectivity index is 1.75. The number of amides is 4. The van der Waals surface area contributed by atoms with Crippen LogP contribution >= 0.6 is 0 Å². The minimum absolute atomic E-state index is 0.00383. The molecule has 3 rings (SSSR count). The summed E-state index contributed by atoms with van der Waals surface area (Å²) in [4.78, 5) is 52.1. The van der Waals surface area contributed by atoms with Crippen LogP contribution in [0.1, 0.15) is 32.8 Å². The molecule has 2 aromatic rings. The van der Waals surface area contributed by atoms with Crippen molar-refractivity contribution >= 4 is 23.6 Å². The predicted molar refractivity (Wildman–Crippen MR) is 144 cm³/mol. The van der Waals surface area contributed by atoms with Crippen LogP contribution in [0.4, 0.5) is 0 Å². The van der Waals surface area contributed by atoms with Crippen molar-refractivity contribution in [3.05, 3.63) is 72.8 Å². The summed E-state index contributed by atoms with van der Waals surface area (Å²) in [5.41, 5.74) is 7.66. The Kier molecular flexibility index (Phi) is 9.06. The lowest BCUT2D eigenvalue weighted by molar-refractivity contribution is -0.143. The number of likely N-dealkylation sites (tertiary alicyclic amines) is 1. The number of aliphatic hydroxyl groups is 1. The van der Waals surface area contributed by atoms with E-state index in [0.29, 0.717) is 0 Å². The number of nitrogens with two attached hydrogens (primary N) is 1. The molecule has 1 saturated heterocycles. The second-order valence-electron chi connectivity index (χ2n) is 10.3. The first-order chi connectivity index (χ1) is 17.9. The van der Waals surface area contributed by atoms with E-state index in [1.54, 1.807) is 19.9 Å². The minimum atomic E-state index is -1.03. The van der Waals surface area contributed by atoms with Crippen LogP contribution in [-0.2, 0) is 25.6 Å². The zero-order valence-corrected chi connectivity index (χ0v) is 22.0. The average Bonchev–Trinajstić information content (AvgIpc) is 3.29. The second-order valence-corrected chi connectivity index (χ2v) is 10.3. The molecule has 2 aromatic carbocycles. The Hall–Kier alpha value is -3.98. The molecule has 0 unspecified atom stereocenters. The van der Waals surface area contributed by atoms with E-state index in [9.17, 15) is 24.3 Å². The Morgan fingerprint density at radius 1 is 1.08 bits per heavy atom. The molecule has 1 heterocycles. The molecule has 9 nitrogen and oxygen atoms in total. The van der Waals surface area contributed by atoms with Crippen molar-refractivity contribution in [1.82, 2.24) is 15.5 Å². The fraction of sp³-hybridized carbons (Fsp3) is 0.379. The molecule has 0 saturated carbocycles. The molecular weight excluding hydrogens is 484 g/mol. The third-order valence-electron chi connectivity index (χ3n) is 6.89. The fourth-order valence-corrected chi connectivity index (χ4v) is 4.55. The molecule has 9 heteroatoms. The number of primary amides is 1. The lowest BCUT2D eigenvalue weighted by Crippen LogP contribution is -2.59. The standard InChI is InChI=1S/C29H36N4O5/c1-5-29(3,4)25(31-18(2)34)28(38)33-17-22(35)16-24(33)27(37)32-23(26(30)36)15-19-11-13-21(14-12-19)20-9-7-6-8-10-20/h5-14,22-25,35H,1,15-17H2,2-4H3,(H2,30,36)(H,31,34)(H,32,37)/t22-,23-,24+,25-/m1/s1. The van der Waals surface area contributed by atoms with Crippen LogP contribution in [-0.4, -0.2) is 64.4 Å². The van der Waals surface area contributed by atoms with Crippen molar-refractivity contribution in [3.8, 4) is 11.1 Å². The number of nitrogens with one attached hydrogen (secondary N) is 2. The Morgan fingerprint density at radius 3 is 2.24 bits per heavy atom. The monoisotopic (exact) mass is 520 g/mol. The van der Waals surface area contributed by atoms with Crippen molar-refractivity contribution in [3.63, 3.8) is 0 Å². The highest BCUT2D eigenvalue weighted by Crippen LogP contribution is 2.28. The molecule has 4 amide bonds. The maximum absolute atomic E-state index is 13.5. The molecule has 5 N–H and O–H groups in total. The zero-order valence-electron chi connectivity index (χ0n) is 22.0. The topological polar surface area (TPSA) is 142 Å². The van der Waals surface area contributed by atoms with Gasteiger partial charge in [-0.2, -0.15) is 0 Å². The van der Waals surface area contributed by atoms with Crippen LogP contribution in [0.15, 0.2) is 67.3 Å². The van der Waals surface area contributed by atoms with E-state index in [1.807, 2.05) is 54.6 Å². The lowest BCUT2D eigenvalue weighted by Gasteiger charge is -2.35. The number of hydrogen-bond donors (Lipinski definition) is 4. The van der Waals surface area contributed by atoms with Crippen molar-refractivity contribution < 1.29 is 24.3 Å². The molecule has 38 heavy (non-hydrogen) atoms. The van der Waals surface area contributed by atoms with Gasteiger partial charge in [-0.15, -0.1) is 6.58 Å². The van der Waals surface area contributed by atoms with Crippen LogP contribution in [0, 0.1) is 5.41 Å². The van der Waals surface area contributed by atoms with Gasteiger partial charge in [0.2, 0.25) is 23.6 Å². The molecule has 0 spiro atoms. The van der Waals surface area contributed by atoms with Crippen LogP contribution in [0.25, 0.3) is 11.1 Å². The first-order valence-electron chi connectivity index (χ1n) is 12.6. The minimum Gasteiger partial charge on any atom is -0.391 e. The molecule has 1 aliphatic rings. The van der Waals surface area contributed by atoms with Gasteiger partial charge in [0.05, 0.1) is 6.10 Å². The fourth-order valence-electron chi connectivity index (χ4n) is 4.55. The van der Waals surface area contributed by atoms with Gasteiger partial charge in [0.1, 0.15) is 18.1 Å². The van der Waals surface area contributed by atoms with Gasteiger partial charge in [-0.1, -0.05) is 74.5 Å². The number of benzene rings is 2. The summed E-state index contributed by atoms with van der Waals surface area (Å²) in [5, 5.41) is 15.6. The summed E-state index contributed by atoms with van der Waals surface area (Å²) in [6.45, 7) is 8.46. The van der Waals surface area contributed by atoms with E-state index in [-0.39, 0.29) is 19.4 Å². The molecule has 1 aliphatic heterocycles. The second kappa shape index (κ2) is 12.0. The number of aliphatic hydroxyl groups excluding tert-OH is 1. The number of rotatable bonds is 10. The Bertz CT molecular complexity index is 1180. The molecule has 202 valence electrons. The highest BCUT2D eigenvalue weighted by atomic mass is 16.3. The van der Waals surface area contributed by atoms with Crippen molar-refractivity contribution in [1.29, 1.82) is 0 Å². The average molecular weight is 521 g/mol. The molecule has 0 aliphatic carbocycles. The SMILES string of the molecule is C=CC(C)(C)[C@H](NC(C)=O)C(=O)N1C[C@H](O)C[C@H]1C(=O)N[C@H](Cc1ccc(-c2ccccc2)cc1)C(N)=O. The van der Waals surface area contributed by atoms with E-state index in [2.05, 4.69) is 17.2 Å². The predicted octanol–water partition coefficient (Wildman–Crippen LogP) is 1.54. The molecular formula is C29H36N4O5. The molecule has 0 aromatic heterocycles. The largest absolute Gasteiger partial charge is 0.391 e. The number of carbonyl (C=O) groups excluding carboxylic acids is 4. The molecule has 4 atom stereocenters. The first-order valence-corrected chi connectivity index (χ1v) is 12.6. The van der Waals surface area contributed by atoms with Gasteiger partial charge in [-0.25, -0.2) is 0 Å². The van der Waals surface area contributed by atoms with Crippen LogP contribution in [0.3, 0.4) is 0 Å². The van der Waals surface area contributed by atoms with Gasteiger partial charge >= 0.3 is 0 Å². The van der Waals surface area contributed by atoms with Crippen LogP contribution in [0.2, 0.25) is 0 Å².